The average molecular weight is 354 g/mol. The smallest absolute Gasteiger partial charge is 0.314 e. The number of esters is 1. The van der Waals surface area contributed by atoms with Crippen LogP contribution in [0.25, 0.3) is 0 Å². The van der Waals surface area contributed by atoms with E-state index in [1.54, 1.807) is 0 Å². The van der Waals surface area contributed by atoms with Crippen LogP contribution in [0.15, 0.2) is 36.4 Å². The minimum Gasteiger partial charge on any atom is -0.468 e. The van der Waals surface area contributed by atoms with Crippen molar-refractivity contribution >= 4 is 17.3 Å². The summed E-state index contributed by atoms with van der Waals surface area (Å²) in [6.45, 7) is -0.260. The lowest BCUT2D eigenvalue weighted by Crippen LogP contribution is -2.23. The third kappa shape index (κ3) is 4.25. The van der Waals surface area contributed by atoms with Gasteiger partial charge in [-0.15, -0.1) is 0 Å². The number of hydrogen-bond acceptors (Lipinski definition) is 5. The van der Waals surface area contributed by atoms with Crippen LogP contribution in [0.2, 0.25) is 0 Å². The summed E-state index contributed by atoms with van der Waals surface area (Å²) in [5.41, 5.74) is -0.964. The topological polar surface area (TPSA) is 81.5 Å². The van der Waals surface area contributed by atoms with Crippen molar-refractivity contribution in [2.24, 2.45) is 0 Å². The monoisotopic (exact) mass is 354 g/mol. The predicted molar refractivity (Wildman–Crippen MR) is 82.7 cm³/mol. The molecule has 0 aliphatic carbocycles. The molecule has 0 amide bonds. The Balaban J connectivity index is 2.25. The molecule has 0 radical (unpaired) electrons. The highest BCUT2D eigenvalue weighted by Gasteiger charge is 2.24. The van der Waals surface area contributed by atoms with E-state index in [9.17, 15) is 28.1 Å². The molecular weight excluding hydrogens is 341 g/mol. The Morgan fingerprint density at radius 3 is 2.24 bits per heavy atom. The van der Waals surface area contributed by atoms with Gasteiger partial charge in [0.2, 0.25) is 0 Å². The van der Waals surface area contributed by atoms with Crippen molar-refractivity contribution in [2.75, 3.05) is 19.0 Å². The van der Waals surface area contributed by atoms with Crippen LogP contribution in [0.4, 0.5) is 24.5 Å². The van der Waals surface area contributed by atoms with E-state index in [1.807, 2.05) is 0 Å². The van der Waals surface area contributed by atoms with E-state index >= 15 is 0 Å². The van der Waals surface area contributed by atoms with Crippen LogP contribution in [-0.2, 0) is 9.53 Å². The third-order valence-electron chi connectivity index (χ3n) is 3.48. The summed E-state index contributed by atoms with van der Waals surface area (Å²) in [4.78, 5) is 21.6. The molecule has 0 saturated heterocycles. The molecule has 1 unspecified atom stereocenters. The van der Waals surface area contributed by atoms with E-state index in [2.05, 4.69) is 10.1 Å². The van der Waals surface area contributed by atoms with E-state index in [-0.39, 0.29) is 6.54 Å². The summed E-state index contributed by atoms with van der Waals surface area (Å²) in [5.74, 6) is -4.50. The molecule has 132 valence electrons. The van der Waals surface area contributed by atoms with Crippen molar-refractivity contribution in [3.63, 3.8) is 0 Å². The number of anilines is 1. The molecule has 2 aromatic carbocycles. The molecule has 0 aromatic heterocycles. The van der Waals surface area contributed by atoms with Gasteiger partial charge in [0, 0.05) is 6.54 Å². The maximum atomic E-state index is 13.9. The van der Waals surface area contributed by atoms with E-state index in [4.69, 9.17) is 0 Å². The van der Waals surface area contributed by atoms with E-state index in [0.29, 0.717) is 17.7 Å². The van der Waals surface area contributed by atoms with Crippen LogP contribution in [0.1, 0.15) is 11.5 Å². The van der Waals surface area contributed by atoms with Gasteiger partial charge in [0.15, 0.2) is 11.6 Å². The largest absolute Gasteiger partial charge is 0.468 e. The lowest BCUT2D eigenvalue weighted by atomic mass is 9.99. The number of ether oxygens (including phenoxy) is 1. The minimum absolute atomic E-state index is 0.260. The zero-order valence-electron chi connectivity index (χ0n) is 13.0. The second-order valence-corrected chi connectivity index (χ2v) is 5.05. The van der Waals surface area contributed by atoms with Crippen molar-refractivity contribution in [1.29, 1.82) is 0 Å². The minimum atomic E-state index is -1.17. The van der Waals surface area contributed by atoms with Crippen molar-refractivity contribution in [2.45, 2.75) is 5.92 Å². The number of non-ortho nitro benzene ring substituents is 1. The molecule has 6 nitrogen and oxygen atoms in total. The molecule has 0 fully saturated rings. The highest BCUT2D eigenvalue weighted by Crippen LogP contribution is 2.26. The Kier molecular flexibility index (Phi) is 5.58. The van der Waals surface area contributed by atoms with E-state index < -0.39 is 45.6 Å². The van der Waals surface area contributed by atoms with Gasteiger partial charge in [0.1, 0.15) is 11.5 Å². The molecular formula is C16H13F3N2O4. The zero-order valence-corrected chi connectivity index (χ0v) is 13.0. The van der Waals surface area contributed by atoms with Crippen LogP contribution in [-0.4, -0.2) is 24.5 Å². The van der Waals surface area contributed by atoms with Crippen LogP contribution in [0, 0.1) is 27.6 Å². The summed E-state index contributed by atoms with van der Waals surface area (Å²) in [5, 5.41) is 13.0. The molecule has 2 aromatic rings. The normalized spacial score (nSPS) is 11.7. The number of nitrogens with one attached hydrogen (secondary N) is 1. The molecule has 0 heterocycles. The number of carbonyl (C=O) groups is 1. The second-order valence-electron chi connectivity index (χ2n) is 5.05. The maximum absolute atomic E-state index is 13.9. The number of benzene rings is 2. The Morgan fingerprint density at radius 2 is 1.76 bits per heavy atom. The highest BCUT2D eigenvalue weighted by atomic mass is 19.1. The first-order valence-corrected chi connectivity index (χ1v) is 7.04. The van der Waals surface area contributed by atoms with Gasteiger partial charge in [-0.05, 0) is 17.7 Å². The van der Waals surface area contributed by atoms with Gasteiger partial charge in [0.05, 0.1) is 30.1 Å². The van der Waals surface area contributed by atoms with Gasteiger partial charge in [-0.1, -0.05) is 12.1 Å². The number of methoxy groups -OCH3 is 1. The maximum Gasteiger partial charge on any atom is 0.314 e. The number of hydrogen-bond donors (Lipinski definition) is 1. The van der Waals surface area contributed by atoms with E-state index in [0.717, 1.165) is 19.2 Å². The summed E-state index contributed by atoms with van der Waals surface area (Å²) in [7, 11) is 1.14. The first-order valence-electron chi connectivity index (χ1n) is 7.04. The molecule has 1 atom stereocenters. The molecule has 0 saturated carbocycles. The number of nitro groups is 1. The van der Waals surface area contributed by atoms with Gasteiger partial charge in [-0.25, -0.2) is 13.2 Å². The lowest BCUT2D eigenvalue weighted by Gasteiger charge is -2.17. The van der Waals surface area contributed by atoms with Crippen LogP contribution < -0.4 is 5.32 Å². The first-order chi connectivity index (χ1) is 11.8. The number of rotatable bonds is 6. The quantitative estimate of drug-likeness (QED) is 0.489. The summed E-state index contributed by atoms with van der Waals surface area (Å²) >= 11 is 0. The van der Waals surface area contributed by atoms with Crippen molar-refractivity contribution in [3.8, 4) is 0 Å². The van der Waals surface area contributed by atoms with Gasteiger partial charge >= 0.3 is 5.97 Å². The summed E-state index contributed by atoms with van der Waals surface area (Å²) in [6.07, 6.45) is 0. The third-order valence-corrected chi connectivity index (χ3v) is 3.48. The van der Waals surface area contributed by atoms with Gasteiger partial charge in [-0.2, -0.15) is 0 Å². The molecule has 0 aliphatic heterocycles. The molecule has 0 aliphatic rings. The SMILES string of the molecule is COC(=O)C(CNc1c(F)cc([N+](=O)[O-])cc1F)c1ccc(F)cc1. The van der Waals surface area contributed by atoms with Gasteiger partial charge in [-0.3, -0.25) is 14.9 Å². The van der Waals surface area contributed by atoms with Gasteiger partial charge in [0.25, 0.3) is 5.69 Å². The van der Waals surface area contributed by atoms with Crippen molar-refractivity contribution < 1.29 is 27.6 Å². The van der Waals surface area contributed by atoms with Crippen molar-refractivity contribution in [1.82, 2.24) is 0 Å². The first kappa shape index (κ1) is 18.2. The second kappa shape index (κ2) is 7.65. The molecule has 25 heavy (non-hydrogen) atoms. The Hall–Kier alpha value is -3.10. The molecule has 0 spiro atoms. The molecule has 2 rings (SSSR count). The fraction of sp³-hybridized carbons (Fsp3) is 0.188. The Labute approximate surface area is 140 Å². The van der Waals surface area contributed by atoms with Crippen molar-refractivity contribution in [3.05, 3.63) is 69.5 Å². The zero-order chi connectivity index (χ0) is 18.6. The van der Waals surface area contributed by atoms with Crippen LogP contribution >= 0.6 is 0 Å². The summed E-state index contributed by atoms with van der Waals surface area (Å²) in [6, 6.07) is 6.10. The molecule has 1 N–H and O–H groups in total. The van der Waals surface area contributed by atoms with Crippen LogP contribution in [0.5, 0.6) is 0 Å². The fourth-order valence-electron chi connectivity index (χ4n) is 2.21. The number of nitrogens with zero attached hydrogens (tertiary/aromatic N) is 1. The predicted octanol–water partition coefficient (Wildman–Crippen LogP) is 3.38. The highest BCUT2D eigenvalue weighted by molar-refractivity contribution is 5.79. The molecule has 0 bridgehead atoms. The Morgan fingerprint density at radius 1 is 1.20 bits per heavy atom. The fourth-order valence-corrected chi connectivity index (χ4v) is 2.21. The Bertz CT molecular complexity index is 773. The lowest BCUT2D eigenvalue weighted by molar-refractivity contribution is -0.385. The molecule has 9 heteroatoms. The van der Waals surface area contributed by atoms with Crippen LogP contribution in [0.3, 0.4) is 0 Å². The average Bonchev–Trinajstić information content (AvgIpc) is 2.57. The van der Waals surface area contributed by atoms with E-state index in [1.165, 1.54) is 12.1 Å². The van der Waals surface area contributed by atoms with Gasteiger partial charge < -0.3 is 10.1 Å². The standard InChI is InChI=1S/C16H13F3N2O4/c1-25-16(22)12(9-2-4-10(17)5-3-9)8-20-15-13(18)6-11(21(23)24)7-14(15)19/h2-7,12,20H,8H2,1H3. The number of halogens is 3. The number of nitro benzene ring substituents is 1. The summed E-state index contributed by atoms with van der Waals surface area (Å²) < 4.78 is 45.4. The number of carbonyl (C=O) groups excluding carboxylic acids is 1.